The fraction of sp³-hybridized carbons (Fsp3) is 0.154. The molecule has 22 heavy (non-hydrogen) atoms. The molecular weight excluding hydrogens is 343 g/mol. The molecule has 0 amide bonds. The number of imidazole rings is 1. The quantitative estimate of drug-likeness (QED) is 0.518. The van der Waals surface area contributed by atoms with Gasteiger partial charge in [-0.2, -0.15) is 0 Å². The molecule has 4 aromatic rings. The third kappa shape index (κ3) is 2.25. The Labute approximate surface area is 136 Å². The fourth-order valence-corrected chi connectivity index (χ4v) is 4.36. The van der Waals surface area contributed by atoms with E-state index in [-0.39, 0.29) is 0 Å². The average molecular weight is 352 g/mol. The zero-order valence-corrected chi connectivity index (χ0v) is 13.8. The van der Waals surface area contributed by atoms with Crippen LogP contribution >= 0.6 is 34.4 Å². The molecule has 0 aliphatic carbocycles. The van der Waals surface area contributed by atoms with Gasteiger partial charge in [-0.25, -0.2) is 18.9 Å². The van der Waals surface area contributed by atoms with Crippen molar-refractivity contribution in [3.05, 3.63) is 24.4 Å². The standard InChI is InChI=1S/C13H9FN4OS3/c1-20-13-17-18-5-7(15-12(18)22-13)11-16-10-8(19-6-14)3-2-4-9(10)21-11/h2-5H,6H2,1H3. The van der Waals surface area contributed by atoms with E-state index in [4.69, 9.17) is 4.74 Å². The van der Waals surface area contributed by atoms with Gasteiger partial charge in [0.1, 0.15) is 22.0 Å². The molecule has 0 N–H and O–H groups in total. The first-order chi connectivity index (χ1) is 10.8. The number of aromatic nitrogens is 4. The highest BCUT2D eigenvalue weighted by Crippen LogP contribution is 2.35. The maximum atomic E-state index is 12.4. The lowest BCUT2D eigenvalue weighted by Crippen LogP contribution is -1.90. The first kappa shape index (κ1) is 13.9. The monoisotopic (exact) mass is 352 g/mol. The predicted molar refractivity (Wildman–Crippen MR) is 87.9 cm³/mol. The molecule has 1 aromatic carbocycles. The molecule has 112 valence electrons. The number of fused-ring (bicyclic) bond motifs is 2. The molecule has 3 aromatic heterocycles. The van der Waals surface area contributed by atoms with Gasteiger partial charge in [0.25, 0.3) is 0 Å². The number of thiazole rings is 1. The van der Waals surface area contributed by atoms with Crippen molar-refractivity contribution in [3.63, 3.8) is 0 Å². The summed E-state index contributed by atoms with van der Waals surface area (Å²) in [4.78, 5) is 9.94. The second kappa shape index (κ2) is 5.49. The summed E-state index contributed by atoms with van der Waals surface area (Å²) >= 11 is 4.63. The number of hydrogen-bond acceptors (Lipinski definition) is 7. The van der Waals surface area contributed by atoms with Crippen molar-refractivity contribution in [2.24, 2.45) is 0 Å². The molecule has 0 aliphatic heterocycles. The van der Waals surface area contributed by atoms with Crippen LogP contribution in [0.1, 0.15) is 0 Å². The molecule has 9 heteroatoms. The summed E-state index contributed by atoms with van der Waals surface area (Å²) in [6, 6.07) is 5.47. The topological polar surface area (TPSA) is 52.3 Å². The lowest BCUT2D eigenvalue weighted by atomic mass is 10.3. The SMILES string of the molecule is CSc1nn2cc(-c3nc4c(OCF)cccc4s3)nc2s1. The molecule has 0 unspecified atom stereocenters. The summed E-state index contributed by atoms with van der Waals surface area (Å²) in [5.41, 5.74) is 1.42. The second-order valence-electron chi connectivity index (χ2n) is 4.30. The largest absolute Gasteiger partial charge is 0.461 e. The molecule has 4 rings (SSSR count). The number of benzene rings is 1. The maximum absolute atomic E-state index is 12.4. The van der Waals surface area contributed by atoms with Crippen molar-refractivity contribution in [1.82, 2.24) is 19.6 Å². The summed E-state index contributed by atoms with van der Waals surface area (Å²) < 4.78 is 21.1. The summed E-state index contributed by atoms with van der Waals surface area (Å²) in [5.74, 6) is 0.450. The third-order valence-electron chi connectivity index (χ3n) is 3.01. The van der Waals surface area contributed by atoms with Crippen molar-refractivity contribution in [3.8, 4) is 16.5 Å². The van der Waals surface area contributed by atoms with Crippen molar-refractivity contribution >= 4 is 49.6 Å². The molecule has 0 fully saturated rings. The van der Waals surface area contributed by atoms with E-state index < -0.39 is 6.86 Å². The minimum atomic E-state index is -0.867. The highest BCUT2D eigenvalue weighted by molar-refractivity contribution is 8.00. The van der Waals surface area contributed by atoms with E-state index >= 15 is 0 Å². The molecule has 0 spiro atoms. The molecular formula is C13H9FN4OS3. The van der Waals surface area contributed by atoms with E-state index in [1.807, 2.05) is 24.6 Å². The van der Waals surface area contributed by atoms with Crippen LogP contribution in [0.5, 0.6) is 5.75 Å². The minimum Gasteiger partial charge on any atom is -0.461 e. The zero-order valence-electron chi connectivity index (χ0n) is 11.3. The first-order valence-corrected chi connectivity index (χ1v) is 9.13. The molecule has 0 atom stereocenters. The molecule has 0 radical (unpaired) electrons. The Morgan fingerprint density at radius 3 is 3.00 bits per heavy atom. The van der Waals surface area contributed by atoms with Gasteiger partial charge in [0, 0.05) is 0 Å². The zero-order chi connectivity index (χ0) is 15.1. The van der Waals surface area contributed by atoms with Gasteiger partial charge >= 0.3 is 0 Å². The Morgan fingerprint density at radius 1 is 1.32 bits per heavy atom. The molecule has 3 heterocycles. The molecule has 0 aliphatic rings. The number of rotatable bonds is 4. The van der Waals surface area contributed by atoms with Crippen LogP contribution < -0.4 is 4.74 Å². The Bertz CT molecular complexity index is 929. The number of alkyl halides is 1. The summed E-state index contributed by atoms with van der Waals surface area (Å²) in [6.45, 7) is -0.867. The van der Waals surface area contributed by atoms with Crippen LogP contribution in [-0.4, -0.2) is 32.7 Å². The third-order valence-corrected chi connectivity index (χ3v) is 5.95. The van der Waals surface area contributed by atoms with Gasteiger partial charge in [0.15, 0.2) is 4.34 Å². The number of ether oxygens (including phenoxy) is 1. The van der Waals surface area contributed by atoms with Gasteiger partial charge in [-0.1, -0.05) is 29.2 Å². The fourth-order valence-electron chi connectivity index (χ4n) is 2.08. The molecule has 0 saturated heterocycles. The molecule has 0 saturated carbocycles. The van der Waals surface area contributed by atoms with Crippen LogP contribution in [0.25, 0.3) is 25.9 Å². The maximum Gasteiger partial charge on any atom is 0.228 e. The second-order valence-corrected chi connectivity index (χ2v) is 7.34. The normalized spacial score (nSPS) is 11.5. The van der Waals surface area contributed by atoms with Crippen LogP contribution in [0.3, 0.4) is 0 Å². The number of halogens is 1. The predicted octanol–water partition coefficient (Wildman–Crippen LogP) is 4.10. The minimum absolute atomic E-state index is 0.450. The first-order valence-electron chi connectivity index (χ1n) is 6.27. The van der Waals surface area contributed by atoms with E-state index in [1.165, 1.54) is 22.7 Å². The van der Waals surface area contributed by atoms with Crippen LogP contribution in [0.2, 0.25) is 0 Å². The lowest BCUT2D eigenvalue weighted by molar-refractivity contribution is 0.193. The van der Waals surface area contributed by atoms with Crippen molar-refractivity contribution in [1.29, 1.82) is 0 Å². The van der Waals surface area contributed by atoms with Gasteiger partial charge in [-0.3, -0.25) is 0 Å². The van der Waals surface area contributed by atoms with Gasteiger partial charge in [0.05, 0.1) is 10.9 Å². The smallest absolute Gasteiger partial charge is 0.228 e. The highest BCUT2D eigenvalue weighted by atomic mass is 32.2. The Hall–Kier alpha value is -1.71. The van der Waals surface area contributed by atoms with Gasteiger partial charge < -0.3 is 4.74 Å². The highest BCUT2D eigenvalue weighted by Gasteiger charge is 2.15. The van der Waals surface area contributed by atoms with Crippen LogP contribution in [0.4, 0.5) is 4.39 Å². The lowest BCUT2D eigenvalue weighted by Gasteiger charge is -1.99. The van der Waals surface area contributed by atoms with Crippen LogP contribution in [0, 0.1) is 0 Å². The number of hydrogen-bond donors (Lipinski definition) is 0. The van der Waals surface area contributed by atoms with E-state index in [9.17, 15) is 4.39 Å². The van der Waals surface area contributed by atoms with Gasteiger partial charge in [-0.15, -0.1) is 16.4 Å². The van der Waals surface area contributed by atoms with Crippen LogP contribution in [0.15, 0.2) is 28.7 Å². The van der Waals surface area contributed by atoms with Crippen molar-refractivity contribution in [2.45, 2.75) is 4.34 Å². The Morgan fingerprint density at radius 2 is 2.23 bits per heavy atom. The number of nitrogens with zero attached hydrogens (tertiary/aromatic N) is 4. The molecule has 5 nitrogen and oxygen atoms in total. The van der Waals surface area contributed by atoms with E-state index in [1.54, 1.807) is 22.3 Å². The van der Waals surface area contributed by atoms with Gasteiger partial charge in [-0.05, 0) is 18.4 Å². The molecule has 0 bridgehead atoms. The van der Waals surface area contributed by atoms with Crippen LogP contribution in [-0.2, 0) is 0 Å². The van der Waals surface area contributed by atoms with Gasteiger partial charge in [0.2, 0.25) is 11.8 Å². The number of thioether (sulfide) groups is 1. The summed E-state index contributed by atoms with van der Waals surface area (Å²) in [7, 11) is 0. The van der Waals surface area contributed by atoms with E-state index in [2.05, 4.69) is 15.1 Å². The summed E-state index contributed by atoms with van der Waals surface area (Å²) in [6.07, 6.45) is 3.85. The average Bonchev–Trinajstić information content (AvgIpc) is 3.19. The Balaban J connectivity index is 1.81. The summed E-state index contributed by atoms with van der Waals surface area (Å²) in [5, 5.41) is 5.19. The number of para-hydroxylation sites is 1. The van der Waals surface area contributed by atoms with E-state index in [0.717, 1.165) is 24.7 Å². The Kier molecular flexibility index (Phi) is 3.47. The van der Waals surface area contributed by atoms with E-state index in [0.29, 0.717) is 11.3 Å². The van der Waals surface area contributed by atoms with Crippen molar-refractivity contribution < 1.29 is 9.13 Å². The van der Waals surface area contributed by atoms with Crippen molar-refractivity contribution in [2.75, 3.05) is 13.1 Å².